The molecule has 0 aromatic heterocycles. The van der Waals surface area contributed by atoms with Gasteiger partial charge in [-0.15, -0.1) is 0 Å². The van der Waals surface area contributed by atoms with Gasteiger partial charge in [0.2, 0.25) is 0 Å². The van der Waals surface area contributed by atoms with Crippen LogP contribution in [0.25, 0.3) is 0 Å². The summed E-state index contributed by atoms with van der Waals surface area (Å²) in [4.78, 5) is 7.09. The summed E-state index contributed by atoms with van der Waals surface area (Å²) in [6.07, 6.45) is 2.90. The quantitative estimate of drug-likeness (QED) is 0.537. The van der Waals surface area contributed by atoms with Crippen molar-refractivity contribution in [1.29, 1.82) is 0 Å². The molecule has 1 aromatic carbocycles. The summed E-state index contributed by atoms with van der Waals surface area (Å²) in [5.41, 5.74) is 0.980. The van der Waals surface area contributed by atoms with E-state index in [1.54, 1.807) is 12.1 Å². The normalized spacial score (nSPS) is 22.0. The highest BCUT2D eigenvalue weighted by Gasteiger charge is 2.28. The molecule has 0 radical (unpaired) electrons. The number of aliphatic hydroxyl groups excluding tert-OH is 1. The van der Waals surface area contributed by atoms with Gasteiger partial charge in [-0.3, -0.25) is 4.99 Å². The van der Waals surface area contributed by atoms with E-state index in [1.807, 2.05) is 0 Å². The van der Waals surface area contributed by atoms with Gasteiger partial charge in [-0.25, -0.2) is 4.39 Å². The molecule has 0 spiro atoms. The Morgan fingerprint density at radius 1 is 1.30 bits per heavy atom. The van der Waals surface area contributed by atoms with Gasteiger partial charge >= 0.3 is 0 Å². The molecule has 2 rings (SSSR count). The highest BCUT2D eigenvalue weighted by molar-refractivity contribution is 5.80. The molecule has 1 aromatic rings. The number of aliphatic hydroxyl groups is 1. The molecule has 5 nitrogen and oxygen atoms in total. The zero-order chi connectivity index (χ0) is 19.6. The lowest BCUT2D eigenvalue weighted by molar-refractivity contribution is -0.0605. The smallest absolute Gasteiger partial charge is 0.194 e. The minimum Gasteiger partial charge on any atom is -0.396 e. The second-order valence-corrected chi connectivity index (χ2v) is 7.25. The van der Waals surface area contributed by atoms with Crippen molar-refractivity contribution < 1.29 is 14.2 Å². The molecule has 27 heavy (non-hydrogen) atoms. The minimum atomic E-state index is -0.236. The van der Waals surface area contributed by atoms with Crippen molar-refractivity contribution in [1.82, 2.24) is 10.2 Å². The van der Waals surface area contributed by atoms with Crippen LogP contribution in [0.1, 0.15) is 51.7 Å². The third kappa shape index (κ3) is 6.78. The van der Waals surface area contributed by atoms with Crippen LogP contribution in [0.2, 0.25) is 0 Å². The molecule has 1 fully saturated rings. The van der Waals surface area contributed by atoms with Crippen LogP contribution in [0.5, 0.6) is 0 Å². The molecule has 2 N–H and O–H groups in total. The number of hydrogen-bond donors (Lipinski definition) is 2. The summed E-state index contributed by atoms with van der Waals surface area (Å²) < 4.78 is 19.3. The number of nitrogens with one attached hydrogen (secondary N) is 1. The molecular weight excluding hydrogens is 345 g/mol. The number of guanidine groups is 1. The number of aliphatic imine (C=N–C) groups is 1. The number of halogens is 1. The average molecular weight is 380 g/mol. The lowest BCUT2D eigenvalue weighted by Gasteiger charge is -2.39. The fraction of sp³-hybridized carbons (Fsp3) is 0.667. The topological polar surface area (TPSA) is 57.1 Å². The van der Waals surface area contributed by atoms with Crippen LogP contribution in [0, 0.1) is 11.7 Å². The van der Waals surface area contributed by atoms with Crippen LogP contribution in [0.4, 0.5) is 4.39 Å². The lowest BCUT2D eigenvalue weighted by atomic mass is 10.0. The first-order valence-electron chi connectivity index (χ1n) is 10.1. The monoisotopic (exact) mass is 379 g/mol. The Morgan fingerprint density at radius 2 is 2.04 bits per heavy atom. The van der Waals surface area contributed by atoms with E-state index in [4.69, 9.17) is 9.73 Å². The van der Waals surface area contributed by atoms with E-state index < -0.39 is 0 Å². The predicted octanol–water partition coefficient (Wildman–Crippen LogP) is 3.35. The van der Waals surface area contributed by atoms with Gasteiger partial charge in [-0.05, 0) is 50.3 Å². The Balaban J connectivity index is 2.11. The third-order valence-corrected chi connectivity index (χ3v) is 4.87. The second-order valence-electron chi connectivity index (χ2n) is 7.25. The molecule has 3 unspecified atom stereocenters. The zero-order valence-electron chi connectivity index (χ0n) is 16.8. The molecule has 0 saturated carbocycles. The van der Waals surface area contributed by atoms with Crippen molar-refractivity contribution in [3.05, 3.63) is 35.6 Å². The van der Waals surface area contributed by atoms with Gasteiger partial charge in [-0.2, -0.15) is 0 Å². The van der Waals surface area contributed by atoms with Crippen LogP contribution < -0.4 is 5.32 Å². The predicted molar refractivity (Wildman–Crippen MR) is 107 cm³/mol. The van der Waals surface area contributed by atoms with Gasteiger partial charge in [0.25, 0.3) is 0 Å². The maximum Gasteiger partial charge on any atom is 0.194 e. The number of benzene rings is 1. The van der Waals surface area contributed by atoms with Crippen molar-refractivity contribution in [2.75, 3.05) is 32.8 Å². The zero-order valence-corrected chi connectivity index (χ0v) is 16.8. The SMILES string of the molecule is CCCC(CCO)CN=C(NCC)N1CC(C)OC(c2ccc(F)cc2)C1. The summed E-state index contributed by atoms with van der Waals surface area (Å²) in [6.45, 7) is 9.44. The number of ether oxygens (including phenoxy) is 1. The Kier molecular flexibility index (Phi) is 9.01. The number of hydrogen-bond acceptors (Lipinski definition) is 3. The Morgan fingerprint density at radius 3 is 2.67 bits per heavy atom. The van der Waals surface area contributed by atoms with Crippen LogP contribution in [0.3, 0.4) is 0 Å². The number of morpholine rings is 1. The highest BCUT2D eigenvalue weighted by Crippen LogP contribution is 2.25. The molecule has 0 bridgehead atoms. The van der Waals surface area contributed by atoms with E-state index in [9.17, 15) is 9.50 Å². The van der Waals surface area contributed by atoms with Gasteiger partial charge in [0, 0.05) is 26.2 Å². The van der Waals surface area contributed by atoms with Gasteiger partial charge in [0.15, 0.2) is 5.96 Å². The summed E-state index contributed by atoms with van der Waals surface area (Å²) in [5, 5.41) is 12.7. The summed E-state index contributed by atoms with van der Waals surface area (Å²) >= 11 is 0. The number of rotatable bonds is 8. The largest absolute Gasteiger partial charge is 0.396 e. The molecule has 1 aliphatic heterocycles. The molecule has 152 valence electrons. The summed E-state index contributed by atoms with van der Waals surface area (Å²) in [6, 6.07) is 6.54. The lowest BCUT2D eigenvalue weighted by Crippen LogP contribution is -2.50. The maximum atomic E-state index is 13.2. The third-order valence-electron chi connectivity index (χ3n) is 4.87. The van der Waals surface area contributed by atoms with Crippen LogP contribution in [0.15, 0.2) is 29.3 Å². The molecule has 6 heteroatoms. The first kappa shape index (κ1) is 21.6. The molecule has 1 saturated heterocycles. The van der Waals surface area contributed by atoms with Crippen molar-refractivity contribution in [3.63, 3.8) is 0 Å². The molecule has 0 aliphatic carbocycles. The van der Waals surface area contributed by atoms with E-state index in [-0.39, 0.29) is 24.6 Å². The van der Waals surface area contributed by atoms with Crippen LogP contribution in [-0.4, -0.2) is 54.9 Å². The van der Waals surface area contributed by atoms with Crippen molar-refractivity contribution in [2.45, 2.75) is 52.2 Å². The second kappa shape index (κ2) is 11.2. The van der Waals surface area contributed by atoms with Gasteiger partial charge in [-0.1, -0.05) is 25.5 Å². The molecule has 0 amide bonds. The van der Waals surface area contributed by atoms with Crippen molar-refractivity contribution in [2.24, 2.45) is 10.9 Å². The van der Waals surface area contributed by atoms with E-state index in [2.05, 4.69) is 31.0 Å². The fourth-order valence-corrected chi connectivity index (χ4v) is 3.55. The summed E-state index contributed by atoms with van der Waals surface area (Å²) in [5.74, 6) is 1.05. The Labute approximate surface area is 162 Å². The minimum absolute atomic E-state index is 0.0570. The highest BCUT2D eigenvalue weighted by atomic mass is 19.1. The first-order chi connectivity index (χ1) is 13.1. The first-order valence-corrected chi connectivity index (χ1v) is 10.1. The number of nitrogens with zero attached hydrogens (tertiary/aromatic N) is 2. The standard InChI is InChI=1S/C21H34FN3O2/c1-4-6-17(11-12-26)13-24-21(23-5-2)25-14-16(3)27-20(15-25)18-7-9-19(22)10-8-18/h7-10,16-17,20,26H,4-6,11-15H2,1-3H3,(H,23,24). The fourth-order valence-electron chi connectivity index (χ4n) is 3.55. The van der Waals surface area contributed by atoms with Gasteiger partial charge < -0.3 is 20.1 Å². The van der Waals surface area contributed by atoms with E-state index in [1.165, 1.54) is 12.1 Å². The van der Waals surface area contributed by atoms with Gasteiger partial charge in [0.1, 0.15) is 11.9 Å². The van der Waals surface area contributed by atoms with E-state index >= 15 is 0 Å². The average Bonchev–Trinajstić information content (AvgIpc) is 2.65. The molecule has 1 aliphatic rings. The van der Waals surface area contributed by atoms with E-state index in [0.29, 0.717) is 19.0 Å². The molecule has 3 atom stereocenters. The maximum absolute atomic E-state index is 13.2. The van der Waals surface area contributed by atoms with Crippen molar-refractivity contribution >= 4 is 5.96 Å². The molecule has 1 heterocycles. The summed E-state index contributed by atoms with van der Waals surface area (Å²) in [7, 11) is 0. The Hall–Kier alpha value is -1.66. The Bertz CT molecular complexity index is 573. The molecular formula is C21H34FN3O2. The van der Waals surface area contributed by atoms with E-state index in [0.717, 1.165) is 43.9 Å². The van der Waals surface area contributed by atoms with Crippen LogP contribution >= 0.6 is 0 Å². The van der Waals surface area contributed by atoms with Crippen LogP contribution in [-0.2, 0) is 4.74 Å². The van der Waals surface area contributed by atoms with Gasteiger partial charge in [0.05, 0.1) is 12.6 Å². The van der Waals surface area contributed by atoms with Crippen molar-refractivity contribution in [3.8, 4) is 0 Å².